The summed E-state index contributed by atoms with van der Waals surface area (Å²) in [5.41, 5.74) is 2.10. The molecule has 4 nitrogen and oxygen atoms in total. The van der Waals surface area contributed by atoms with Crippen LogP contribution in [0.5, 0.6) is 0 Å². The van der Waals surface area contributed by atoms with Crippen LogP contribution in [0, 0.1) is 0 Å². The molecule has 0 fully saturated rings. The summed E-state index contributed by atoms with van der Waals surface area (Å²) in [4.78, 5) is 16.1. The number of nitrogens with zero attached hydrogens (tertiary/aromatic N) is 1. The van der Waals surface area contributed by atoms with E-state index in [2.05, 4.69) is 15.6 Å². The Kier molecular flexibility index (Phi) is 2.53. The molecule has 1 amide bonds. The van der Waals surface area contributed by atoms with Gasteiger partial charge >= 0.3 is 0 Å². The van der Waals surface area contributed by atoms with Crippen LogP contribution in [0.1, 0.15) is 11.5 Å². The summed E-state index contributed by atoms with van der Waals surface area (Å²) >= 11 is 1.43. The van der Waals surface area contributed by atoms with Gasteiger partial charge in [0.1, 0.15) is 0 Å². The molecule has 0 aliphatic carbocycles. The molecular weight excluding hydrogens is 234 g/mol. The van der Waals surface area contributed by atoms with E-state index in [1.165, 1.54) is 11.3 Å². The molecule has 0 saturated heterocycles. The second-order valence-electron chi connectivity index (χ2n) is 3.85. The highest BCUT2D eigenvalue weighted by atomic mass is 32.1. The molecule has 0 radical (unpaired) electrons. The first kappa shape index (κ1) is 10.3. The summed E-state index contributed by atoms with van der Waals surface area (Å²) in [5, 5.41) is 8.56. The first-order valence-corrected chi connectivity index (χ1v) is 6.26. The van der Waals surface area contributed by atoms with Crippen LogP contribution in [0.3, 0.4) is 0 Å². The van der Waals surface area contributed by atoms with Crippen molar-refractivity contribution in [3.05, 3.63) is 41.4 Å². The number of carbonyl (C=O) groups is 1. The number of para-hydroxylation sites is 1. The predicted molar refractivity (Wildman–Crippen MR) is 68.4 cm³/mol. The average molecular weight is 245 g/mol. The third-order valence-corrected chi connectivity index (χ3v) is 3.50. The van der Waals surface area contributed by atoms with Gasteiger partial charge in [-0.3, -0.25) is 4.79 Å². The van der Waals surface area contributed by atoms with Crippen LogP contribution in [0.15, 0.2) is 35.8 Å². The zero-order valence-corrected chi connectivity index (χ0v) is 9.83. The zero-order chi connectivity index (χ0) is 11.7. The standard InChI is InChI=1S/C12H11N3OS/c16-11(15-12-13-5-6-17-12)9-7-14-10-4-2-1-3-8(9)10/h1-6,9,14H,7H2,(H,13,15,16). The third kappa shape index (κ3) is 1.89. The van der Waals surface area contributed by atoms with Gasteiger partial charge in [-0.15, -0.1) is 11.3 Å². The lowest BCUT2D eigenvalue weighted by atomic mass is 10.0. The van der Waals surface area contributed by atoms with Gasteiger partial charge in [-0.1, -0.05) is 18.2 Å². The number of benzene rings is 1. The average Bonchev–Trinajstić information content (AvgIpc) is 2.96. The first-order valence-electron chi connectivity index (χ1n) is 5.38. The molecule has 86 valence electrons. The monoisotopic (exact) mass is 245 g/mol. The van der Waals surface area contributed by atoms with Gasteiger partial charge in [0.15, 0.2) is 5.13 Å². The first-order chi connectivity index (χ1) is 8.34. The molecule has 1 aliphatic heterocycles. The van der Waals surface area contributed by atoms with E-state index < -0.39 is 0 Å². The minimum atomic E-state index is -0.130. The molecule has 3 rings (SSSR count). The highest BCUT2D eigenvalue weighted by Crippen LogP contribution is 2.31. The molecule has 1 aromatic heterocycles. The van der Waals surface area contributed by atoms with Gasteiger partial charge in [-0.05, 0) is 11.6 Å². The van der Waals surface area contributed by atoms with Gasteiger partial charge in [-0.2, -0.15) is 0 Å². The van der Waals surface area contributed by atoms with Gasteiger partial charge in [0.25, 0.3) is 0 Å². The number of thiazole rings is 1. The van der Waals surface area contributed by atoms with Crippen LogP contribution >= 0.6 is 11.3 Å². The molecule has 0 saturated carbocycles. The van der Waals surface area contributed by atoms with Gasteiger partial charge in [-0.25, -0.2) is 4.98 Å². The van der Waals surface area contributed by atoms with Crippen molar-refractivity contribution in [1.29, 1.82) is 0 Å². The van der Waals surface area contributed by atoms with Crippen LogP contribution < -0.4 is 10.6 Å². The Hall–Kier alpha value is -1.88. The Bertz CT molecular complexity index is 538. The lowest BCUT2D eigenvalue weighted by molar-refractivity contribution is -0.117. The molecule has 1 unspecified atom stereocenters. The fraction of sp³-hybridized carbons (Fsp3) is 0.167. The molecule has 2 N–H and O–H groups in total. The quantitative estimate of drug-likeness (QED) is 0.853. The van der Waals surface area contributed by atoms with E-state index in [0.717, 1.165) is 11.3 Å². The third-order valence-electron chi connectivity index (χ3n) is 2.81. The second-order valence-corrected chi connectivity index (χ2v) is 4.74. The summed E-state index contributed by atoms with van der Waals surface area (Å²) in [6, 6.07) is 7.90. The highest BCUT2D eigenvalue weighted by molar-refractivity contribution is 7.13. The van der Waals surface area contributed by atoms with E-state index in [0.29, 0.717) is 11.7 Å². The van der Waals surface area contributed by atoms with Crippen LogP contribution in [0.25, 0.3) is 0 Å². The van der Waals surface area contributed by atoms with Crippen molar-refractivity contribution >= 4 is 28.1 Å². The number of amides is 1. The zero-order valence-electron chi connectivity index (χ0n) is 9.01. The number of hydrogen-bond donors (Lipinski definition) is 2. The number of rotatable bonds is 2. The molecule has 2 heterocycles. The van der Waals surface area contributed by atoms with E-state index in [-0.39, 0.29) is 11.8 Å². The highest BCUT2D eigenvalue weighted by Gasteiger charge is 2.28. The van der Waals surface area contributed by atoms with Crippen LogP contribution in [0.2, 0.25) is 0 Å². The topological polar surface area (TPSA) is 54.0 Å². The minimum absolute atomic E-state index is 0.00241. The Labute approximate surface area is 103 Å². The Morgan fingerprint density at radius 2 is 2.35 bits per heavy atom. The van der Waals surface area contributed by atoms with Crippen molar-refractivity contribution in [2.45, 2.75) is 5.92 Å². The maximum absolute atomic E-state index is 12.1. The van der Waals surface area contributed by atoms with Crippen molar-refractivity contribution in [3.8, 4) is 0 Å². The van der Waals surface area contributed by atoms with Crippen molar-refractivity contribution in [3.63, 3.8) is 0 Å². The Morgan fingerprint density at radius 3 is 3.18 bits per heavy atom. The maximum atomic E-state index is 12.1. The molecule has 5 heteroatoms. The number of nitrogens with one attached hydrogen (secondary N) is 2. The van der Waals surface area contributed by atoms with Crippen molar-refractivity contribution in [1.82, 2.24) is 4.98 Å². The fourth-order valence-electron chi connectivity index (χ4n) is 2.00. The van der Waals surface area contributed by atoms with E-state index in [1.54, 1.807) is 6.20 Å². The summed E-state index contributed by atoms with van der Waals surface area (Å²) in [6.07, 6.45) is 1.68. The van der Waals surface area contributed by atoms with Crippen LogP contribution in [-0.4, -0.2) is 17.4 Å². The number of hydrogen-bond acceptors (Lipinski definition) is 4. The maximum Gasteiger partial charge on any atom is 0.235 e. The number of fused-ring (bicyclic) bond motifs is 1. The molecule has 1 atom stereocenters. The van der Waals surface area contributed by atoms with Crippen molar-refractivity contribution in [2.24, 2.45) is 0 Å². The lowest BCUT2D eigenvalue weighted by Gasteiger charge is -2.08. The van der Waals surface area contributed by atoms with E-state index in [1.807, 2.05) is 29.6 Å². The molecule has 0 spiro atoms. The molecule has 17 heavy (non-hydrogen) atoms. The van der Waals surface area contributed by atoms with Crippen molar-refractivity contribution < 1.29 is 4.79 Å². The molecule has 1 aliphatic rings. The summed E-state index contributed by atoms with van der Waals surface area (Å²) < 4.78 is 0. The van der Waals surface area contributed by atoms with Gasteiger partial charge in [0.05, 0.1) is 5.92 Å². The summed E-state index contributed by atoms with van der Waals surface area (Å²) in [7, 11) is 0. The molecule has 1 aromatic carbocycles. The van der Waals surface area contributed by atoms with Gasteiger partial charge in [0, 0.05) is 23.8 Å². The Balaban J connectivity index is 1.80. The Morgan fingerprint density at radius 1 is 1.47 bits per heavy atom. The lowest BCUT2D eigenvalue weighted by Crippen LogP contribution is -2.22. The number of anilines is 2. The molecular formula is C12H11N3OS. The second kappa shape index (κ2) is 4.18. The fourth-order valence-corrected chi connectivity index (χ4v) is 2.53. The van der Waals surface area contributed by atoms with Gasteiger partial charge in [0.2, 0.25) is 5.91 Å². The largest absolute Gasteiger partial charge is 0.384 e. The summed E-state index contributed by atoms with van der Waals surface area (Å²) in [6.45, 7) is 0.649. The number of aromatic nitrogens is 1. The van der Waals surface area contributed by atoms with E-state index in [4.69, 9.17) is 0 Å². The number of carbonyl (C=O) groups excluding carboxylic acids is 1. The molecule has 0 bridgehead atoms. The van der Waals surface area contributed by atoms with Crippen molar-refractivity contribution in [2.75, 3.05) is 17.2 Å². The van der Waals surface area contributed by atoms with Gasteiger partial charge < -0.3 is 10.6 Å². The van der Waals surface area contributed by atoms with Crippen LogP contribution in [-0.2, 0) is 4.79 Å². The SMILES string of the molecule is O=C(Nc1nccs1)C1CNc2ccccc21. The van der Waals surface area contributed by atoms with E-state index in [9.17, 15) is 4.79 Å². The van der Waals surface area contributed by atoms with Crippen LogP contribution in [0.4, 0.5) is 10.8 Å². The predicted octanol–water partition coefficient (Wildman–Crippen LogP) is 2.29. The summed E-state index contributed by atoms with van der Waals surface area (Å²) in [5.74, 6) is -0.132. The normalized spacial score (nSPS) is 17.3. The van der Waals surface area contributed by atoms with E-state index >= 15 is 0 Å². The molecule has 2 aromatic rings. The smallest absolute Gasteiger partial charge is 0.235 e. The minimum Gasteiger partial charge on any atom is -0.384 e.